The molecular formula is C13H16N4O2. The van der Waals surface area contributed by atoms with Crippen LogP contribution in [0.25, 0.3) is 0 Å². The Bertz CT molecular complexity index is 619. The summed E-state index contributed by atoms with van der Waals surface area (Å²) in [4.78, 5) is 12.1. The van der Waals surface area contributed by atoms with Crippen molar-refractivity contribution in [3.63, 3.8) is 0 Å². The van der Waals surface area contributed by atoms with E-state index in [0.29, 0.717) is 22.8 Å². The predicted octanol–water partition coefficient (Wildman–Crippen LogP) is 1.57. The molecule has 0 aliphatic rings. The second kappa shape index (κ2) is 5.01. The number of aryl methyl sites for hydroxylation is 2. The molecule has 2 rings (SSSR count). The molecule has 2 aromatic rings. The molecular weight excluding hydrogens is 244 g/mol. The molecule has 0 bridgehead atoms. The number of nitrogen functional groups attached to an aromatic ring is 1. The van der Waals surface area contributed by atoms with Crippen LogP contribution in [-0.4, -0.2) is 22.8 Å². The van der Waals surface area contributed by atoms with Crippen LogP contribution in [0.4, 0.5) is 11.5 Å². The fourth-order valence-corrected chi connectivity index (χ4v) is 1.73. The Morgan fingerprint density at radius 2 is 2.21 bits per heavy atom. The normalized spacial score (nSPS) is 10.3. The summed E-state index contributed by atoms with van der Waals surface area (Å²) < 4.78 is 6.65. The number of hydrogen-bond acceptors (Lipinski definition) is 4. The summed E-state index contributed by atoms with van der Waals surface area (Å²) in [6.07, 6.45) is 1.44. The Labute approximate surface area is 111 Å². The Kier molecular flexibility index (Phi) is 3.41. The lowest BCUT2D eigenvalue weighted by atomic mass is 10.2. The van der Waals surface area contributed by atoms with Crippen LogP contribution < -0.4 is 15.8 Å². The molecule has 1 amide bonds. The summed E-state index contributed by atoms with van der Waals surface area (Å²) in [6.45, 7) is 1.94. The van der Waals surface area contributed by atoms with E-state index in [-0.39, 0.29) is 5.91 Å². The lowest BCUT2D eigenvalue weighted by Crippen LogP contribution is -2.14. The Morgan fingerprint density at radius 3 is 2.79 bits per heavy atom. The molecule has 0 saturated heterocycles. The fraction of sp³-hybridized carbons (Fsp3) is 0.231. The van der Waals surface area contributed by atoms with Gasteiger partial charge in [-0.2, -0.15) is 5.10 Å². The molecule has 0 aliphatic heterocycles. The number of hydrogen-bond donors (Lipinski definition) is 2. The number of carbonyl (C=O) groups excluding carboxylic acids is 1. The molecule has 1 heterocycles. The first-order valence-corrected chi connectivity index (χ1v) is 5.76. The molecule has 6 nitrogen and oxygen atoms in total. The van der Waals surface area contributed by atoms with Crippen molar-refractivity contribution in [1.82, 2.24) is 9.78 Å². The molecule has 0 unspecified atom stereocenters. The predicted molar refractivity (Wildman–Crippen MR) is 73.3 cm³/mol. The molecule has 0 atom stereocenters. The van der Waals surface area contributed by atoms with Gasteiger partial charge in [0.2, 0.25) is 0 Å². The number of nitrogens with one attached hydrogen (secondary N) is 1. The summed E-state index contributed by atoms with van der Waals surface area (Å²) >= 11 is 0. The van der Waals surface area contributed by atoms with E-state index >= 15 is 0 Å². The van der Waals surface area contributed by atoms with Crippen LogP contribution >= 0.6 is 0 Å². The van der Waals surface area contributed by atoms with Gasteiger partial charge in [-0.15, -0.1) is 0 Å². The smallest absolute Gasteiger partial charge is 0.261 e. The van der Waals surface area contributed by atoms with Crippen molar-refractivity contribution in [2.45, 2.75) is 6.92 Å². The van der Waals surface area contributed by atoms with Crippen LogP contribution in [0, 0.1) is 6.92 Å². The van der Waals surface area contributed by atoms with E-state index in [0.717, 1.165) is 5.56 Å². The maximum atomic E-state index is 12.1. The highest BCUT2D eigenvalue weighted by Gasteiger charge is 2.15. The molecule has 6 heteroatoms. The monoisotopic (exact) mass is 260 g/mol. The first kappa shape index (κ1) is 12.9. The number of carbonyl (C=O) groups is 1. The minimum Gasteiger partial charge on any atom is -0.495 e. The second-order valence-electron chi connectivity index (χ2n) is 4.22. The maximum absolute atomic E-state index is 12.1. The van der Waals surface area contributed by atoms with Gasteiger partial charge in [0.1, 0.15) is 17.1 Å². The van der Waals surface area contributed by atoms with Crippen molar-refractivity contribution in [3.8, 4) is 5.75 Å². The van der Waals surface area contributed by atoms with Gasteiger partial charge in [-0.05, 0) is 24.6 Å². The Balaban J connectivity index is 2.28. The van der Waals surface area contributed by atoms with Crippen molar-refractivity contribution in [1.29, 1.82) is 0 Å². The molecule has 100 valence electrons. The van der Waals surface area contributed by atoms with Crippen molar-refractivity contribution < 1.29 is 9.53 Å². The van der Waals surface area contributed by atoms with Gasteiger partial charge >= 0.3 is 0 Å². The zero-order valence-corrected chi connectivity index (χ0v) is 11.1. The van der Waals surface area contributed by atoms with Crippen molar-refractivity contribution >= 4 is 17.4 Å². The summed E-state index contributed by atoms with van der Waals surface area (Å²) in [5.41, 5.74) is 7.74. The first-order valence-electron chi connectivity index (χ1n) is 5.76. The molecule has 1 aromatic heterocycles. The van der Waals surface area contributed by atoms with Gasteiger partial charge in [0.15, 0.2) is 0 Å². The zero-order valence-electron chi connectivity index (χ0n) is 11.1. The quantitative estimate of drug-likeness (QED) is 0.877. The number of ether oxygens (including phenoxy) is 1. The fourth-order valence-electron chi connectivity index (χ4n) is 1.73. The minimum absolute atomic E-state index is 0.311. The largest absolute Gasteiger partial charge is 0.495 e. The molecule has 0 saturated carbocycles. The minimum atomic E-state index is -0.311. The van der Waals surface area contributed by atoms with E-state index in [1.807, 2.05) is 19.1 Å². The van der Waals surface area contributed by atoms with E-state index in [2.05, 4.69) is 10.4 Å². The standard InChI is InChI=1S/C13H16N4O2/c1-8-4-5-11(19-3)10(6-8)16-13(18)9-7-15-17(2)12(9)14/h4-7H,14H2,1-3H3,(H,16,18). The third-order valence-corrected chi connectivity index (χ3v) is 2.83. The molecule has 3 N–H and O–H groups in total. The third kappa shape index (κ3) is 2.52. The number of anilines is 2. The Morgan fingerprint density at radius 1 is 1.47 bits per heavy atom. The average molecular weight is 260 g/mol. The number of nitrogens with two attached hydrogens (primary N) is 1. The van der Waals surface area contributed by atoms with E-state index in [4.69, 9.17) is 10.5 Å². The SMILES string of the molecule is COc1ccc(C)cc1NC(=O)c1cnn(C)c1N. The summed E-state index contributed by atoms with van der Waals surface area (Å²) in [7, 11) is 3.23. The van der Waals surface area contributed by atoms with Gasteiger partial charge in [0, 0.05) is 7.05 Å². The van der Waals surface area contributed by atoms with Crippen LogP contribution in [0.2, 0.25) is 0 Å². The van der Waals surface area contributed by atoms with E-state index in [9.17, 15) is 4.79 Å². The molecule has 19 heavy (non-hydrogen) atoms. The number of nitrogens with zero attached hydrogens (tertiary/aromatic N) is 2. The maximum Gasteiger partial charge on any atom is 0.261 e. The third-order valence-electron chi connectivity index (χ3n) is 2.83. The van der Waals surface area contributed by atoms with E-state index in [1.54, 1.807) is 20.2 Å². The number of benzene rings is 1. The van der Waals surface area contributed by atoms with Gasteiger partial charge in [-0.3, -0.25) is 9.48 Å². The van der Waals surface area contributed by atoms with Gasteiger partial charge in [-0.1, -0.05) is 6.07 Å². The van der Waals surface area contributed by atoms with Gasteiger partial charge in [0.25, 0.3) is 5.91 Å². The van der Waals surface area contributed by atoms with Crippen molar-refractivity contribution in [2.75, 3.05) is 18.2 Å². The lowest BCUT2D eigenvalue weighted by molar-refractivity contribution is 0.102. The Hall–Kier alpha value is -2.50. The zero-order chi connectivity index (χ0) is 14.0. The average Bonchev–Trinajstić information content (AvgIpc) is 2.70. The van der Waals surface area contributed by atoms with Crippen LogP contribution in [0.5, 0.6) is 5.75 Å². The summed E-state index contributed by atoms with van der Waals surface area (Å²) in [5.74, 6) is 0.611. The summed E-state index contributed by atoms with van der Waals surface area (Å²) in [6, 6.07) is 5.55. The summed E-state index contributed by atoms with van der Waals surface area (Å²) in [5, 5.41) is 6.71. The van der Waals surface area contributed by atoms with Crippen LogP contribution in [0.1, 0.15) is 15.9 Å². The van der Waals surface area contributed by atoms with Gasteiger partial charge in [0.05, 0.1) is 19.0 Å². The lowest BCUT2D eigenvalue weighted by Gasteiger charge is -2.10. The van der Waals surface area contributed by atoms with Crippen LogP contribution in [-0.2, 0) is 7.05 Å². The molecule has 0 radical (unpaired) electrons. The van der Waals surface area contributed by atoms with Gasteiger partial charge in [-0.25, -0.2) is 0 Å². The van der Waals surface area contributed by atoms with Crippen molar-refractivity contribution in [3.05, 3.63) is 35.5 Å². The molecule has 0 aliphatic carbocycles. The number of methoxy groups -OCH3 is 1. The second-order valence-corrected chi connectivity index (χ2v) is 4.22. The number of rotatable bonds is 3. The van der Waals surface area contributed by atoms with Crippen LogP contribution in [0.15, 0.2) is 24.4 Å². The van der Waals surface area contributed by atoms with Crippen LogP contribution in [0.3, 0.4) is 0 Å². The van der Waals surface area contributed by atoms with E-state index < -0.39 is 0 Å². The molecule has 1 aromatic carbocycles. The highest BCUT2D eigenvalue weighted by molar-refractivity contribution is 6.07. The highest BCUT2D eigenvalue weighted by atomic mass is 16.5. The molecule has 0 fully saturated rings. The van der Waals surface area contributed by atoms with Gasteiger partial charge < -0.3 is 15.8 Å². The number of aromatic nitrogens is 2. The number of amides is 1. The van der Waals surface area contributed by atoms with E-state index in [1.165, 1.54) is 10.9 Å². The molecule has 0 spiro atoms. The highest BCUT2D eigenvalue weighted by Crippen LogP contribution is 2.26. The van der Waals surface area contributed by atoms with Crippen molar-refractivity contribution in [2.24, 2.45) is 7.05 Å². The topological polar surface area (TPSA) is 82.2 Å². The first-order chi connectivity index (χ1) is 9.02.